The average Bonchev–Trinajstić information content (AvgIpc) is 3.50. The number of nitrogens with one attached hydrogen (secondary N) is 1. The van der Waals surface area contributed by atoms with E-state index in [4.69, 9.17) is 9.84 Å². The standard InChI is InChI=1S/C30H33N5O2/c1-21-26-20-34(30(36)31-23-10-5-3-6-11-23)28(22-15-17-25(37-2)18-16-22)27-14-9-19-33(27)29(26)35(32-21)24-12-7-4-8-13-24/h4,7-9,12-19,23,28H,3,5-6,10-11,20H2,1-2H3,(H,31,36)/t28-/m0/s1. The molecule has 7 nitrogen and oxygen atoms in total. The highest BCUT2D eigenvalue weighted by molar-refractivity contribution is 5.76. The number of amides is 2. The second-order valence-electron chi connectivity index (χ2n) is 10.0. The number of hydrogen-bond donors (Lipinski definition) is 1. The SMILES string of the molecule is COc1ccc([C@H]2c3cccn3-c3c(c(C)nn3-c3ccccc3)CN2C(=O)NC2CCCCC2)cc1. The monoisotopic (exact) mass is 495 g/mol. The van der Waals surface area contributed by atoms with Crippen LogP contribution in [0.25, 0.3) is 11.5 Å². The van der Waals surface area contributed by atoms with Crippen LogP contribution in [-0.2, 0) is 6.54 Å². The van der Waals surface area contributed by atoms with E-state index >= 15 is 0 Å². The predicted molar refractivity (Wildman–Crippen MR) is 143 cm³/mol. The molecule has 4 aromatic rings. The first-order valence-electron chi connectivity index (χ1n) is 13.2. The molecule has 0 unspecified atom stereocenters. The maximum Gasteiger partial charge on any atom is 0.318 e. The summed E-state index contributed by atoms with van der Waals surface area (Å²) in [6, 6.07) is 22.3. The third kappa shape index (κ3) is 4.28. The lowest BCUT2D eigenvalue weighted by Gasteiger charge is -2.33. The van der Waals surface area contributed by atoms with E-state index in [1.807, 2.05) is 46.8 Å². The van der Waals surface area contributed by atoms with Crippen LogP contribution in [0.3, 0.4) is 0 Å². The number of rotatable bonds is 4. The highest BCUT2D eigenvalue weighted by Gasteiger charge is 2.36. The lowest BCUT2D eigenvalue weighted by atomic mass is 9.95. The van der Waals surface area contributed by atoms with Gasteiger partial charge in [0.1, 0.15) is 11.6 Å². The maximum absolute atomic E-state index is 14.0. The van der Waals surface area contributed by atoms with Crippen molar-refractivity contribution in [3.8, 4) is 17.3 Å². The van der Waals surface area contributed by atoms with Crippen LogP contribution in [0.5, 0.6) is 5.75 Å². The minimum absolute atomic E-state index is 0.0276. The third-order valence-corrected chi connectivity index (χ3v) is 7.71. The molecule has 7 heteroatoms. The number of fused-ring (bicyclic) bond motifs is 3. The van der Waals surface area contributed by atoms with Gasteiger partial charge in [0.15, 0.2) is 0 Å². The molecule has 6 rings (SSSR count). The Balaban J connectivity index is 1.50. The summed E-state index contributed by atoms with van der Waals surface area (Å²) in [5.74, 6) is 1.78. The number of carbonyl (C=O) groups is 1. The van der Waals surface area contributed by atoms with E-state index in [9.17, 15) is 4.79 Å². The largest absolute Gasteiger partial charge is 0.497 e. The number of aromatic nitrogens is 3. The first kappa shape index (κ1) is 23.4. The molecule has 1 saturated carbocycles. The molecule has 0 spiro atoms. The van der Waals surface area contributed by atoms with Gasteiger partial charge in [0, 0.05) is 17.8 Å². The zero-order valence-electron chi connectivity index (χ0n) is 21.4. The Kier molecular flexibility index (Phi) is 6.20. The molecular formula is C30H33N5O2. The average molecular weight is 496 g/mol. The number of carbonyl (C=O) groups excluding carboxylic acids is 1. The van der Waals surface area contributed by atoms with E-state index < -0.39 is 0 Å². The Bertz CT molecular complexity index is 1380. The third-order valence-electron chi connectivity index (χ3n) is 7.71. The highest BCUT2D eigenvalue weighted by atomic mass is 16.5. The zero-order chi connectivity index (χ0) is 25.4. The quantitative estimate of drug-likeness (QED) is 0.382. The van der Waals surface area contributed by atoms with Gasteiger partial charge in [-0.3, -0.25) is 0 Å². The van der Waals surface area contributed by atoms with Gasteiger partial charge in [0.05, 0.1) is 36.8 Å². The van der Waals surface area contributed by atoms with Crippen molar-refractivity contribution in [1.29, 1.82) is 0 Å². The van der Waals surface area contributed by atoms with Crippen molar-refractivity contribution < 1.29 is 9.53 Å². The van der Waals surface area contributed by atoms with E-state index in [0.29, 0.717) is 6.54 Å². The number of para-hydroxylation sites is 1. The van der Waals surface area contributed by atoms with Crippen LogP contribution in [0.15, 0.2) is 72.9 Å². The molecule has 1 aliphatic carbocycles. The molecule has 3 heterocycles. The summed E-state index contributed by atoms with van der Waals surface area (Å²) < 4.78 is 9.62. The summed E-state index contributed by atoms with van der Waals surface area (Å²) in [4.78, 5) is 16.0. The van der Waals surface area contributed by atoms with Crippen molar-refractivity contribution in [2.24, 2.45) is 0 Å². The fourth-order valence-corrected chi connectivity index (χ4v) is 5.79. The number of aryl methyl sites for hydroxylation is 1. The van der Waals surface area contributed by atoms with E-state index in [2.05, 4.69) is 52.5 Å². The molecule has 0 radical (unpaired) electrons. The second kappa shape index (κ2) is 9.81. The number of hydrogen-bond acceptors (Lipinski definition) is 3. The molecule has 37 heavy (non-hydrogen) atoms. The van der Waals surface area contributed by atoms with Gasteiger partial charge in [-0.2, -0.15) is 5.10 Å². The lowest BCUT2D eigenvalue weighted by Crippen LogP contribution is -2.46. The van der Waals surface area contributed by atoms with E-state index in [0.717, 1.165) is 52.6 Å². The van der Waals surface area contributed by atoms with Crippen LogP contribution < -0.4 is 10.1 Å². The fourth-order valence-electron chi connectivity index (χ4n) is 5.79. The fraction of sp³-hybridized carbons (Fsp3) is 0.333. The van der Waals surface area contributed by atoms with Gasteiger partial charge in [-0.1, -0.05) is 49.6 Å². The Labute approximate surface area is 217 Å². The molecule has 1 atom stereocenters. The first-order chi connectivity index (χ1) is 18.1. The molecule has 2 aliphatic rings. The molecule has 1 N–H and O–H groups in total. The second-order valence-corrected chi connectivity index (χ2v) is 10.0. The molecule has 1 fully saturated rings. The first-order valence-corrected chi connectivity index (χ1v) is 13.2. The van der Waals surface area contributed by atoms with E-state index in [1.54, 1.807) is 7.11 Å². The van der Waals surface area contributed by atoms with Crippen LogP contribution in [0, 0.1) is 6.92 Å². The van der Waals surface area contributed by atoms with Crippen LogP contribution in [0.4, 0.5) is 4.79 Å². The number of methoxy groups -OCH3 is 1. The zero-order valence-corrected chi connectivity index (χ0v) is 21.4. The van der Waals surface area contributed by atoms with Crippen molar-refractivity contribution in [2.75, 3.05) is 7.11 Å². The minimum Gasteiger partial charge on any atom is -0.497 e. The Hall–Kier alpha value is -4.00. The molecule has 2 aromatic carbocycles. The molecule has 0 saturated heterocycles. The molecule has 1 aliphatic heterocycles. The predicted octanol–water partition coefficient (Wildman–Crippen LogP) is 5.93. The van der Waals surface area contributed by atoms with Crippen LogP contribution in [0.1, 0.15) is 60.7 Å². The number of urea groups is 1. The molecule has 190 valence electrons. The van der Waals surface area contributed by atoms with Crippen molar-refractivity contribution in [3.05, 3.63) is 95.4 Å². The van der Waals surface area contributed by atoms with Crippen molar-refractivity contribution in [2.45, 2.75) is 57.7 Å². The van der Waals surface area contributed by atoms with Gasteiger partial charge in [-0.15, -0.1) is 0 Å². The molecule has 0 bridgehead atoms. The maximum atomic E-state index is 14.0. The van der Waals surface area contributed by atoms with Crippen molar-refractivity contribution in [3.63, 3.8) is 0 Å². The van der Waals surface area contributed by atoms with Crippen LogP contribution >= 0.6 is 0 Å². The van der Waals surface area contributed by atoms with E-state index in [-0.39, 0.29) is 18.1 Å². The number of ether oxygens (including phenoxy) is 1. The Morgan fingerprint density at radius 1 is 0.973 bits per heavy atom. The summed E-state index contributed by atoms with van der Waals surface area (Å²) >= 11 is 0. The number of nitrogens with zero attached hydrogens (tertiary/aromatic N) is 4. The molecule has 2 aromatic heterocycles. The summed E-state index contributed by atoms with van der Waals surface area (Å²) in [6.07, 6.45) is 7.75. The van der Waals surface area contributed by atoms with Gasteiger partial charge >= 0.3 is 6.03 Å². The Morgan fingerprint density at radius 2 is 1.73 bits per heavy atom. The van der Waals surface area contributed by atoms with E-state index in [1.165, 1.54) is 19.3 Å². The van der Waals surface area contributed by atoms with Crippen molar-refractivity contribution >= 4 is 6.03 Å². The lowest BCUT2D eigenvalue weighted by molar-refractivity contribution is 0.173. The molecular weight excluding hydrogens is 462 g/mol. The van der Waals surface area contributed by atoms with Crippen LogP contribution in [0.2, 0.25) is 0 Å². The van der Waals surface area contributed by atoms with Gasteiger partial charge in [0.2, 0.25) is 0 Å². The van der Waals surface area contributed by atoms with Gasteiger partial charge in [-0.25, -0.2) is 9.48 Å². The summed E-state index contributed by atoms with van der Waals surface area (Å²) in [5, 5.41) is 8.31. The smallest absolute Gasteiger partial charge is 0.318 e. The van der Waals surface area contributed by atoms with Gasteiger partial charge in [-0.05, 0) is 61.7 Å². The summed E-state index contributed by atoms with van der Waals surface area (Å²) in [7, 11) is 1.67. The minimum atomic E-state index is -0.263. The van der Waals surface area contributed by atoms with Gasteiger partial charge < -0.3 is 19.5 Å². The van der Waals surface area contributed by atoms with Crippen LogP contribution in [-0.4, -0.2) is 38.4 Å². The highest BCUT2D eigenvalue weighted by Crippen LogP contribution is 2.39. The normalized spacial score (nSPS) is 17.6. The molecule has 2 amide bonds. The number of benzene rings is 2. The van der Waals surface area contributed by atoms with Gasteiger partial charge in [0.25, 0.3) is 0 Å². The Morgan fingerprint density at radius 3 is 2.46 bits per heavy atom. The van der Waals surface area contributed by atoms with Crippen molar-refractivity contribution in [1.82, 2.24) is 24.6 Å². The summed E-state index contributed by atoms with van der Waals surface area (Å²) in [6.45, 7) is 2.50. The summed E-state index contributed by atoms with van der Waals surface area (Å²) in [5.41, 5.74) is 5.04. The topological polar surface area (TPSA) is 64.3 Å².